The van der Waals surface area contributed by atoms with Crippen molar-refractivity contribution in [2.45, 2.75) is 50.6 Å². The molecule has 3 rings (SSSR count). The van der Waals surface area contributed by atoms with E-state index in [2.05, 4.69) is 10.2 Å². The monoisotopic (exact) mass is 280 g/mol. The number of hydrogen-bond donors (Lipinski definition) is 1. The molecule has 0 aromatic rings. The van der Waals surface area contributed by atoms with Crippen LogP contribution in [-0.2, 0) is 14.3 Å². The van der Waals surface area contributed by atoms with Gasteiger partial charge in [-0.2, -0.15) is 0 Å². The van der Waals surface area contributed by atoms with Crippen LogP contribution in [0.25, 0.3) is 0 Å². The lowest BCUT2D eigenvalue weighted by molar-refractivity contribution is -0.147. The quantitative estimate of drug-likeness (QED) is 0.772. The molecule has 2 saturated heterocycles. The molecule has 1 atom stereocenters. The molecule has 1 N–H and O–H groups in total. The van der Waals surface area contributed by atoms with Gasteiger partial charge in [0, 0.05) is 44.1 Å². The van der Waals surface area contributed by atoms with E-state index in [4.69, 9.17) is 4.74 Å². The molecule has 0 amide bonds. The number of carbonyl (C=O) groups excluding carboxylic acids is 2. The Kier molecular flexibility index (Phi) is 3.82. The Morgan fingerprint density at radius 3 is 2.70 bits per heavy atom. The van der Waals surface area contributed by atoms with E-state index in [0.29, 0.717) is 31.3 Å². The predicted octanol–water partition coefficient (Wildman–Crippen LogP) is 0.725. The highest BCUT2D eigenvalue weighted by Crippen LogP contribution is 2.44. The first-order valence-corrected chi connectivity index (χ1v) is 7.79. The molecule has 20 heavy (non-hydrogen) atoms. The predicted molar refractivity (Wildman–Crippen MR) is 74.3 cm³/mol. The lowest BCUT2D eigenvalue weighted by Crippen LogP contribution is -2.60. The summed E-state index contributed by atoms with van der Waals surface area (Å²) in [6.07, 6.45) is 4.55. The van der Waals surface area contributed by atoms with Crippen LogP contribution in [0.15, 0.2) is 0 Å². The Bertz CT molecular complexity index is 394. The second-order valence-electron chi connectivity index (χ2n) is 6.45. The van der Waals surface area contributed by atoms with Gasteiger partial charge in [0.1, 0.15) is 5.78 Å². The van der Waals surface area contributed by atoms with Crippen molar-refractivity contribution < 1.29 is 14.3 Å². The Hall–Kier alpha value is -0.940. The van der Waals surface area contributed by atoms with Crippen LogP contribution in [0.5, 0.6) is 0 Å². The number of rotatable bonds is 3. The first kappa shape index (κ1) is 14.0. The van der Waals surface area contributed by atoms with Crippen molar-refractivity contribution >= 4 is 11.8 Å². The number of piperidine rings is 1. The minimum Gasteiger partial charge on any atom is -0.466 e. The van der Waals surface area contributed by atoms with Gasteiger partial charge in [-0.3, -0.25) is 14.5 Å². The highest BCUT2D eigenvalue weighted by molar-refractivity contribution is 5.79. The molecular formula is C15H24N2O3. The fraction of sp³-hybridized carbons (Fsp3) is 0.867. The molecule has 112 valence electrons. The van der Waals surface area contributed by atoms with Crippen molar-refractivity contribution in [1.82, 2.24) is 10.2 Å². The van der Waals surface area contributed by atoms with Crippen molar-refractivity contribution in [3.63, 3.8) is 0 Å². The van der Waals surface area contributed by atoms with Crippen LogP contribution in [-0.4, -0.2) is 54.5 Å². The Balaban J connectivity index is 1.48. The van der Waals surface area contributed by atoms with Crippen molar-refractivity contribution in [1.29, 1.82) is 0 Å². The second-order valence-corrected chi connectivity index (χ2v) is 6.45. The van der Waals surface area contributed by atoms with Gasteiger partial charge in [-0.25, -0.2) is 0 Å². The zero-order valence-electron chi connectivity index (χ0n) is 12.2. The number of hydrogen-bond acceptors (Lipinski definition) is 5. The number of Topliss-reactive ketones (excluding diaryl/α,β-unsaturated/α-hetero) is 1. The van der Waals surface area contributed by atoms with E-state index in [1.807, 2.05) is 6.92 Å². The summed E-state index contributed by atoms with van der Waals surface area (Å²) < 4.78 is 5.12. The molecule has 1 unspecified atom stereocenters. The lowest BCUT2D eigenvalue weighted by atomic mass is 9.69. The molecule has 2 heterocycles. The fourth-order valence-corrected chi connectivity index (χ4v) is 3.93. The zero-order chi connectivity index (χ0) is 14.2. The average molecular weight is 280 g/mol. The van der Waals surface area contributed by atoms with Crippen LogP contribution in [0.1, 0.15) is 39.0 Å². The standard InChI is InChI=1S/C15H24N2O3/c1-2-20-14(19)11-7-15(16-10-11)8-12(9-15)17-5-3-13(18)4-6-17/h11-12,16H,2-10H2,1H3. The normalized spacial score (nSPS) is 38.0. The molecule has 3 aliphatic rings. The lowest BCUT2D eigenvalue weighted by Gasteiger charge is -2.51. The summed E-state index contributed by atoms with van der Waals surface area (Å²) in [6.45, 7) is 4.91. The summed E-state index contributed by atoms with van der Waals surface area (Å²) >= 11 is 0. The topological polar surface area (TPSA) is 58.6 Å². The maximum atomic E-state index is 11.8. The Labute approximate surface area is 120 Å². The van der Waals surface area contributed by atoms with Crippen LogP contribution in [0.4, 0.5) is 0 Å². The minimum absolute atomic E-state index is 0.0267. The third-order valence-corrected chi connectivity index (χ3v) is 5.11. The molecule has 2 aliphatic heterocycles. The maximum Gasteiger partial charge on any atom is 0.310 e. The molecule has 1 saturated carbocycles. The van der Waals surface area contributed by atoms with E-state index >= 15 is 0 Å². The fourth-order valence-electron chi connectivity index (χ4n) is 3.93. The van der Waals surface area contributed by atoms with Gasteiger partial charge in [-0.1, -0.05) is 0 Å². The summed E-state index contributed by atoms with van der Waals surface area (Å²) in [5, 5.41) is 3.54. The number of nitrogens with zero attached hydrogens (tertiary/aromatic N) is 1. The van der Waals surface area contributed by atoms with E-state index in [9.17, 15) is 9.59 Å². The number of ether oxygens (including phenoxy) is 1. The third kappa shape index (κ3) is 2.61. The van der Waals surface area contributed by atoms with Gasteiger partial charge in [-0.15, -0.1) is 0 Å². The number of ketones is 1. The van der Waals surface area contributed by atoms with E-state index in [1.165, 1.54) is 0 Å². The average Bonchev–Trinajstić information content (AvgIpc) is 2.84. The van der Waals surface area contributed by atoms with Crippen molar-refractivity contribution in [2.24, 2.45) is 5.92 Å². The van der Waals surface area contributed by atoms with Gasteiger partial charge >= 0.3 is 5.97 Å². The zero-order valence-corrected chi connectivity index (χ0v) is 12.2. The van der Waals surface area contributed by atoms with Crippen molar-refractivity contribution in [2.75, 3.05) is 26.2 Å². The van der Waals surface area contributed by atoms with E-state index < -0.39 is 0 Å². The van der Waals surface area contributed by atoms with E-state index in [1.54, 1.807) is 0 Å². The number of carbonyl (C=O) groups is 2. The van der Waals surface area contributed by atoms with E-state index in [0.717, 1.165) is 38.9 Å². The van der Waals surface area contributed by atoms with Gasteiger partial charge in [-0.05, 0) is 26.2 Å². The van der Waals surface area contributed by atoms with Gasteiger partial charge in [0.15, 0.2) is 0 Å². The van der Waals surface area contributed by atoms with Crippen molar-refractivity contribution in [3.05, 3.63) is 0 Å². The largest absolute Gasteiger partial charge is 0.466 e. The number of nitrogens with one attached hydrogen (secondary N) is 1. The van der Waals surface area contributed by atoms with Gasteiger partial charge in [0.2, 0.25) is 0 Å². The van der Waals surface area contributed by atoms with Gasteiger partial charge < -0.3 is 10.1 Å². The molecule has 5 nitrogen and oxygen atoms in total. The van der Waals surface area contributed by atoms with Gasteiger partial charge in [0.05, 0.1) is 12.5 Å². The van der Waals surface area contributed by atoms with E-state index in [-0.39, 0.29) is 17.4 Å². The van der Waals surface area contributed by atoms with Crippen LogP contribution in [0.2, 0.25) is 0 Å². The van der Waals surface area contributed by atoms with Crippen LogP contribution >= 0.6 is 0 Å². The molecule has 0 aromatic carbocycles. The molecule has 1 aliphatic carbocycles. The molecule has 1 spiro atoms. The molecule has 0 aromatic heterocycles. The highest BCUT2D eigenvalue weighted by Gasteiger charge is 2.52. The first-order chi connectivity index (χ1) is 9.62. The summed E-state index contributed by atoms with van der Waals surface area (Å²) in [5.74, 6) is 0.374. The summed E-state index contributed by atoms with van der Waals surface area (Å²) in [5.41, 5.74) is 0.156. The van der Waals surface area contributed by atoms with Gasteiger partial charge in [0.25, 0.3) is 0 Å². The smallest absolute Gasteiger partial charge is 0.310 e. The molecule has 3 fully saturated rings. The Morgan fingerprint density at radius 2 is 2.05 bits per heavy atom. The SMILES string of the molecule is CCOC(=O)C1CNC2(C1)CC(N1CCC(=O)CC1)C2. The van der Waals surface area contributed by atoms with Crippen molar-refractivity contribution in [3.8, 4) is 0 Å². The summed E-state index contributed by atoms with van der Waals surface area (Å²) in [4.78, 5) is 25.5. The summed E-state index contributed by atoms with van der Waals surface area (Å²) in [7, 11) is 0. The minimum atomic E-state index is -0.0519. The maximum absolute atomic E-state index is 11.8. The Morgan fingerprint density at radius 1 is 1.35 bits per heavy atom. The second kappa shape index (κ2) is 5.45. The molecule has 0 bridgehead atoms. The molecule has 0 radical (unpaired) electrons. The van der Waals surface area contributed by atoms with Crippen LogP contribution < -0.4 is 5.32 Å². The summed E-state index contributed by atoms with van der Waals surface area (Å²) in [6, 6.07) is 0.594. The first-order valence-electron chi connectivity index (χ1n) is 7.79. The van der Waals surface area contributed by atoms with Crippen LogP contribution in [0, 0.1) is 5.92 Å². The third-order valence-electron chi connectivity index (χ3n) is 5.11. The number of esters is 1. The van der Waals surface area contributed by atoms with Crippen LogP contribution in [0.3, 0.4) is 0 Å². The molecular weight excluding hydrogens is 256 g/mol. The highest BCUT2D eigenvalue weighted by atomic mass is 16.5. The molecule has 5 heteroatoms. The number of likely N-dealkylation sites (tertiary alicyclic amines) is 1.